The molecule has 3 aromatic carbocycles. The number of benzene rings is 3. The summed E-state index contributed by atoms with van der Waals surface area (Å²) < 4.78 is 49.6. The number of carbonyl (C=O) groups is 2. The second-order valence-electron chi connectivity index (χ2n) is 7.50. The molecule has 1 aliphatic heterocycles. The first-order valence-electron chi connectivity index (χ1n) is 9.84. The molecule has 1 heterocycles. The van der Waals surface area contributed by atoms with E-state index in [2.05, 4.69) is 0 Å². The summed E-state index contributed by atoms with van der Waals surface area (Å²) in [5.41, 5.74) is -1.76. The van der Waals surface area contributed by atoms with Crippen molar-refractivity contribution in [3.8, 4) is 0 Å². The fourth-order valence-corrected chi connectivity index (χ4v) is 5.50. The Hall–Kier alpha value is -3.52. The molecule has 0 fully saturated rings. The smallest absolute Gasteiger partial charge is 0.305 e. The van der Waals surface area contributed by atoms with Gasteiger partial charge in [0.05, 0.1) is 10.5 Å². The summed E-state index contributed by atoms with van der Waals surface area (Å²) in [4.78, 5) is 25.4. The Labute approximate surface area is 185 Å². The van der Waals surface area contributed by atoms with Gasteiger partial charge in [-0.25, -0.2) is 12.8 Å². The van der Waals surface area contributed by atoms with Gasteiger partial charge in [-0.3, -0.25) is 9.59 Å². The number of carbonyl (C=O) groups excluding carboxylic acids is 2. The Bertz CT molecular complexity index is 1290. The molecule has 2 atom stereocenters. The highest BCUT2D eigenvalue weighted by molar-refractivity contribution is 7.89. The van der Waals surface area contributed by atoms with Gasteiger partial charge in [-0.15, -0.1) is 0 Å². The third kappa shape index (κ3) is 3.27. The van der Waals surface area contributed by atoms with Crippen LogP contribution in [0.4, 0.5) is 4.39 Å². The average Bonchev–Trinajstić information content (AvgIpc) is 3.03. The number of rotatable bonds is 5. The lowest BCUT2D eigenvalue weighted by Gasteiger charge is -2.39. The number of hydrogen-bond acceptors (Lipinski definition) is 5. The van der Waals surface area contributed by atoms with Gasteiger partial charge in [-0.2, -0.15) is 4.31 Å². The first-order chi connectivity index (χ1) is 15.2. The third-order valence-corrected chi connectivity index (χ3v) is 7.11. The van der Waals surface area contributed by atoms with Crippen molar-refractivity contribution in [3.05, 3.63) is 101 Å². The predicted octanol–water partition coefficient (Wildman–Crippen LogP) is 4.27. The van der Waals surface area contributed by atoms with Crippen molar-refractivity contribution in [1.29, 1.82) is 0 Å². The maximum absolute atomic E-state index is 16.3. The first kappa shape index (κ1) is 21.7. The standard InChI is InChI=1S/C24H20FNO5S/c1-16-12-14-19(15-13-16)32(29,30)26-23(28)20-10-6-7-11-21(20)24(26,31-17(2)27)22(25)18-8-4-3-5-9-18/h3-15,22H,1-2H3. The SMILES string of the molecule is CC(=O)OC1(C(F)c2ccccc2)c2ccccc2C(=O)N1S(=O)(=O)c1ccc(C)cc1. The Morgan fingerprint density at radius 2 is 1.56 bits per heavy atom. The lowest BCUT2D eigenvalue weighted by Crippen LogP contribution is -2.52. The van der Waals surface area contributed by atoms with Crippen LogP contribution in [0.5, 0.6) is 0 Å². The molecule has 0 aliphatic carbocycles. The van der Waals surface area contributed by atoms with Crippen LogP contribution in [0.25, 0.3) is 0 Å². The van der Waals surface area contributed by atoms with Crippen LogP contribution in [0.2, 0.25) is 0 Å². The Balaban J connectivity index is 2.03. The minimum Gasteiger partial charge on any atom is -0.430 e. The van der Waals surface area contributed by atoms with Crippen LogP contribution in [-0.2, 0) is 25.3 Å². The van der Waals surface area contributed by atoms with Gasteiger partial charge in [-0.1, -0.05) is 66.2 Å². The van der Waals surface area contributed by atoms with Crippen molar-refractivity contribution in [1.82, 2.24) is 4.31 Å². The fourth-order valence-electron chi connectivity index (χ4n) is 3.91. The zero-order chi connectivity index (χ0) is 23.1. The fraction of sp³-hybridized carbons (Fsp3) is 0.167. The Morgan fingerprint density at radius 3 is 2.19 bits per heavy atom. The lowest BCUT2D eigenvalue weighted by molar-refractivity contribution is -0.183. The van der Waals surface area contributed by atoms with Gasteiger partial charge >= 0.3 is 5.97 Å². The van der Waals surface area contributed by atoms with Crippen LogP contribution in [0, 0.1) is 6.92 Å². The minimum absolute atomic E-state index is 0.0350. The number of halogens is 1. The maximum Gasteiger partial charge on any atom is 0.305 e. The number of ether oxygens (including phenoxy) is 1. The van der Waals surface area contributed by atoms with Crippen molar-refractivity contribution < 1.29 is 27.1 Å². The number of nitrogens with zero attached hydrogens (tertiary/aromatic N) is 1. The van der Waals surface area contributed by atoms with Crippen LogP contribution >= 0.6 is 0 Å². The highest BCUT2D eigenvalue weighted by Crippen LogP contribution is 2.52. The van der Waals surface area contributed by atoms with Gasteiger partial charge in [0.25, 0.3) is 21.7 Å². The maximum atomic E-state index is 16.3. The van der Waals surface area contributed by atoms with E-state index in [-0.39, 0.29) is 21.6 Å². The number of alkyl halides is 1. The monoisotopic (exact) mass is 453 g/mol. The first-order valence-corrected chi connectivity index (χ1v) is 11.3. The second-order valence-corrected chi connectivity index (χ2v) is 9.28. The molecule has 3 aromatic rings. The van der Waals surface area contributed by atoms with Crippen molar-refractivity contribution in [2.75, 3.05) is 0 Å². The molecule has 4 rings (SSSR count). The molecule has 0 bridgehead atoms. The second kappa shape index (κ2) is 7.87. The van der Waals surface area contributed by atoms with E-state index < -0.39 is 33.8 Å². The highest BCUT2D eigenvalue weighted by Gasteiger charge is 2.63. The number of amides is 1. The van der Waals surface area contributed by atoms with E-state index in [1.54, 1.807) is 37.3 Å². The molecule has 0 radical (unpaired) electrons. The molecule has 0 aromatic heterocycles. The molecule has 6 nitrogen and oxygen atoms in total. The van der Waals surface area contributed by atoms with E-state index >= 15 is 4.39 Å². The summed E-state index contributed by atoms with van der Waals surface area (Å²) in [5.74, 6) is -1.90. The summed E-state index contributed by atoms with van der Waals surface area (Å²) in [6.45, 7) is 2.82. The molecule has 2 unspecified atom stereocenters. The van der Waals surface area contributed by atoms with Crippen LogP contribution < -0.4 is 0 Å². The van der Waals surface area contributed by atoms with E-state index in [4.69, 9.17) is 4.74 Å². The zero-order valence-electron chi connectivity index (χ0n) is 17.4. The van der Waals surface area contributed by atoms with Crippen molar-refractivity contribution in [2.24, 2.45) is 0 Å². The van der Waals surface area contributed by atoms with Crippen LogP contribution in [0.15, 0.2) is 83.8 Å². The average molecular weight is 453 g/mol. The van der Waals surface area contributed by atoms with Crippen molar-refractivity contribution in [3.63, 3.8) is 0 Å². The van der Waals surface area contributed by atoms with Gasteiger partial charge in [-0.05, 0) is 30.7 Å². The van der Waals surface area contributed by atoms with Gasteiger partial charge in [0, 0.05) is 12.5 Å². The van der Waals surface area contributed by atoms with Crippen LogP contribution in [0.1, 0.15) is 40.1 Å². The summed E-state index contributed by atoms with van der Waals surface area (Å²) in [7, 11) is -4.61. The van der Waals surface area contributed by atoms with E-state index in [0.29, 0.717) is 4.31 Å². The molecule has 0 saturated heterocycles. The largest absolute Gasteiger partial charge is 0.430 e. The van der Waals surface area contributed by atoms with Crippen LogP contribution in [0.3, 0.4) is 0 Å². The third-order valence-electron chi connectivity index (χ3n) is 5.32. The van der Waals surface area contributed by atoms with Gasteiger partial charge in [0.1, 0.15) is 0 Å². The number of sulfonamides is 1. The summed E-state index contributed by atoms with van der Waals surface area (Å²) in [6.07, 6.45) is -2.18. The molecule has 32 heavy (non-hydrogen) atoms. The number of aryl methyl sites for hydroxylation is 1. The molecule has 1 aliphatic rings. The molecule has 0 spiro atoms. The molecule has 0 N–H and O–H groups in total. The molecule has 1 amide bonds. The molecule has 164 valence electrons. The molecule has 0 saturated carbocycles. The van der Waals surface area contributed by atoms with E-state index in [0.717, 1.165) is 12.5 Å². The van der Waals surface area contributed by atoms with Crippen LogP contribution in [-0.4, -0.2) is 24.6 Å². The normalized spacial score (nSPS) is 18.8. The van der Waals surface area contributed by atoms with Crippen molar-refractivity contribution >= 4 is 21.9 Å². The summed E-state index contributed by atoms with van der Waals surface area (Å²) >= 11 is 0. The van der Waals surface area contributed by atoms with Gasteiger partial charge < -0.3 is 4.74 Å². The molecular formula is C24H20FNO5S. The Morgan fingerprint density at radius 1 is 0.969 bits per heavy atom. The van der Waals surface area contributed by atoms with E-state index in [1.807, 2.05) is 0 Å². The minimum atomic E-state index is -4.61. The Kier molecular flexibility index (Phi) is 5.34. The molecular weight excluding hydrogens is 433 g/mol. The van der Waals surface area contributed by atoms with Gasteiger partial charge in [0.2, 0.25) is 0 Å². The zero-order valence-corrected chi connectivity index (χ0v) is 18.2. The van der Waals surface area contributed by atoms with E-state index in [9.17, 15) is 18.0 Å². The number of esters is 1. The number of fused-ring (bicyclic) bond motifs is 1. The quantitative estimate of drug-likeness (QED) is 0.539. The summed E-state index contributed by atoms with van der Waals surface area (Å²) in [6, 6.07) is 19.3. The lowest BCUT2D eigenvalue weighted by atomic mass is 9.93. The topological polar surface area (TPSA) is 80.8 Å². The van der Waals surface area contributed by atoms with E-state index in [1.165, 1.54) is 48.5 Å². The highest BCUT2D eigenvalue weighted by atomic mass is 32.2. The molecule has 8 heteroatoms. The number of hydrogen-bond donors (Lipinski definition) is 0. The summed E-state index contributed by atoms with van der Waals surface area (Å²) in [5, 5.41) is 0. The van der Waals surface area contributed by atoms with Crippen molar-refractivity contribution in [2.45, 2.75) is 30.6 Å². The van der Waals surface area contributed by atoms with Gasteiger partial charge in [0.15, 0.2) is 6.17 Å². The predicted molar refractivity (Wildman–Crippen MR) is 115 cm³/mol.